The molecule has 30 heavy (non-hydrogen) atoms. The number of carbonyl (C=O) groups is 3. The molecular formula is C18H44N8O4. The van der Waals surface area contributed by atoms with Crippen LogP contribution in [0.5, 0.6) is 0 Å². The molecule has 12 heteroatoms. The van der Waals surface area contributed by atoms with Gasteiger partial charge in [0.1, 0.15) is 11.6 Å². The van der Waals surface area contributed by atoms with Crippen LogP contribution in [0, 0.1) is 0 Å². The molecule has 0 bridgehead atoms. The van der Waals surface area contributed by atoms with Crippen molar-refractivity contribution < 1.29 is 19.9 Å². The lowest BCUT2D eigenvalue weighted by Gasteiger charge is -2.13. The van der Waals surface area contributed by atoms with Crippen LogP contribution in [0.3, 0.4) is 0 Å². The zero-order valence-corrected chi connectivity index (χ0v) is 18.9. The van der Waals surface area contributed by atoms with E-state index < -0.39 is 6.03 Å². The van der Waals surface area contributed by atoms with Gasteiger partial charge < -0.3 is 44.8 Å². The lowest BCUT2D eigenvalue weighted by Crippen LogP contribution is -2.35. The van der Waals surface area contributed by atoms with Crippen LogP contribution in [0.2, 0.25) is 0 Å². The van der Waals surface area contributed by atoms with E-state index in [1.807, 2.05) is 13.8 Å². The molecule has 0 aliphatic carbocycles. The van der Waals surface area contributed by atoms with Crippen LogP contribution in [-0.2, 0) is 9.59 Å². The molecule has 0 radical (unpaired) electrons. The highest BCUT2D eigenvalue weighted by Gasteiger charge is 2.13. The summed E-state index contributed by atoms with van der Waals surface area (Å²) < 4.78 is 0. The summed E-state index contributed by atoms with van der Waals surface area (Å²) in [5, 5.41) is 8.41. The minimum atomic E-state index is -0.521. The van der Waals surface area contributed by atoms with Gasteiger partial charge in [-0.3, -0.25) is 14.6 Å². The molecule has 0 saturated carbocycles. The second-order valence-corrected chi connectivity index (χ2v) is 6.20. The van der Waals surface area contributed by atoms with Gasteiger partial charge in [-0.2, -0.15) is 0 Å². The maximum absolute atomic E-state index is 11.3. The van der Waals surface area contributed by atoms with E-state index in [4.69, 9.17) is 17.2 Å². The van der Waals surface area contributed by atoms with Crippen LogP contribution in [0.1, 0.15) is 52.4 Å². The first kappa shape index (κ1) is 35.2. The van der Waals surface area contributed by atoms with Crippen molar-refractivity contribution in [2.45, 2.75) is 64.5 Å². The number of ketones is 2. The zero-order valence-electron chi connectivity index (χ0n) is 18.9. The van der Waals surface area contributed by atoms with Crippen molar-refractivity contribution in [1.29, 1.82) is 0 Å². The maximum Gasteiger partial charge on any atom is 0.312 e. The molecule has 0 fully saturated rings. The Morgan fingerprint density at radius 2 is 1.30 bits per heavy atom. The number of hydrogen-bond donors (Lipinski definition) is 7. The Kier molecular flexibility index (Phi) is 27.0. The number of Topliss-reactive ketones (excluding diaryl/α,β-unsaturated/α-hetero) is 2. The van der Waals surface area contributed by atoms with Crippen LogP contribution >= 0.6 is 0 Å². The smallest absolute Gasteiger partial charge is 0.312 e. The molecule has 12 nitrogen and oxygen atoms in total. The predicted molar refractivity (Wildman–Crippen MR) is 122 cm³/mol. The number of guanidine groups is 1. The van der Waals surface area contributed by atoms with Gasteiger partial charge in [0.25, 0.3) is 0 Å². The Morgan fingerprint density at radius 3 is 1.63 bits per heavy atom. The van der Waals surface area contributed by atoms with Crippen LogP contribution < -0.4 is 39.3 Å². The molecule has 0 aliphatic rings. The Labute approximate surface area is 180 Å². The fraction of sp³-hybridized carbons (Fsp3) is 0.778. The number of nitrogens with two attached hydrogens (primary N) is 3. The summed E-state index contributed by atoms with van der Waals surface area (Å²) in [5.41, 5.74) is 15.2. The molecule has 0 spiro atoms. The van der Waals surface area contributed by atoms with E-state index in [0.29, 0.717) is 25.9 Å². The van der Waals surface area contributed by atoms with Gasteiger partial charge in [0, 0.05) is 25.9 Å². The van der Waals surface area contributed by atoms with E-state index in [-0.39, 0.29) is 41.2 Å². The quantitative estimate of drug-likeness (QED) is 0.100. The van der Waals surface area contributed by atoms with Crippen molar-refractivity contribution in [1.82, 2.24) is 22.1 Å². The molecule has 0 unspecified atom stereocenters. The Bertz CT molecular complexity index is 485. The van der Waals surface area contributed by atoms with E-state index in [1.54, 1.807) is 14.1 Å². The fourth-order valence-electron chi connectivity index (χ4n) is 2.45. The summed E-state index contributed by atoms with van der Waals surface area (Å²) in [4.78, 5) is 36.8. The molecule has 14 N–H and O–H groups in total. The van der Waals surface area contributed by atoms with Crippen molar-refractivity contribution in [3.05, 3.63) is 0 Å². The number of carbonyl (C=O) groups excluding carboxylic acids is 3. The third kappa shape index (κ3) is 20.5. The van der Waals surface area contributed by atoms with E-state index >= 15 is 0 Å². The molecule has 0 aromatic heterocycles. The van der Waals surface area contributed by atoms with Gasteiger partial charge in [-0.25, -0.2) is 4.79 Å². The highest BCUT2D eigenvalue weighted by atomic mass is 16.2. The number of nitrogens with zero attached hydrogens (tertiary/aromatic N) is 1. The number of nitrogens with one attached hydrogen (secondary N) is 3. The number of likely N-dealkylation sites (N-methyl/N-ethyl adjacent to an activating group) is 2. The maximum atomic E-state index is 11.3. The molecular weight excluding hydrogens is 392 g/mol. The number of amides is 2. The van der Waals surface area contributed by atoms with Crippen molar-refractivity contribution in [2.24, 2.45) is 22.2 Å². The van der Waals surface area contributed by atoms with Crippen LogP contribution in [0.15, 0.2) is 4.99 Å². The predicted octanol–water partition coefficient (Wildman–Crippen LogP) is -1.05. The zero-order chi connectivity index (χ0) is 21.9. The summed E-state index contributed by atoms with van der Waals surface area (Å²) in [6.07, 6.45) is 4.17. The first-order valence-electron chi connectivity index (χ1n) is 9.71. The Hall–Kier alpha value is -2.28. The summed E-state index contributed by atoms with van der Waals surface area (Å²) in [5.74, 6) is 0.539. The molecule has 2 amide bonds. The summed E-state index contributed by atoms with van der Waals surface area (Å²) in [6, 6.07) is -0.684. The minimum Gasteiger partial charge on any atom is -0.412 e. The topological polar surface area (TPSA) is 244 Å². The fourth-order valence-corrected chi connectivity index (χ4v) is 2.45. The number of primary amides is 1. The average Bonchev–Trinajstić information content (AvgIpc) is 2.67. The van der Waals surface area contributed by atoms with E-state index in [1.165, 1.54) is 0 Å². The second-order valence-electron chi connectivity index (χ2n) is 6.20. The molecule has 0 aromatic carbocycles. The van der Waals surface area contributed by atoms with E-state index in [0.717, 1.165) is 25.7 Å². The molecule has 0 aliphatic heterocycles. The number of urea groups is 1. The average molecular weight is 437 g/mol. The SMILES string of the molecule is CCC(=O)[C@H](CCCN=C(N)N)NC.CCC(=O)[C@H](CCCNC(N)=O)NC.N.O. The molecule has 0 heterocycles. The normalized spacial score (nSPS) is 11.3. The van der Waals surface area contributed by atoms with Gasteiger partial charge in [0.05, 0.1) is 12.1 Å². The first-order chi connectivity index (χ1) is 13.2. The summed E-state index contributed by atoms with van der Waals surface area (Å²) in [7, 11) is 3.55. The summed E-state index contributed by atoms with van der Waals surface area (Å²) >= 11 is 0. The van der Waals surface area contributed by atoms with E-state index in [9.17, 15) is 14.4 Å². The van der Waals surface area contributed by atoms with Gasteiger partial charge in [0.2, 0.25) is 0 Å². The van der Waals surface area contributed by atoms with Crippen LogP contribution in [0.4, 0.5) is 4.79 Å². The van der Waals surface area contributed by atoms with Crippen molar-refractivity contribution >= 4 is 23.6 Å². The van der Waals surface area contributed by atoms with Crippen LogP contribution in [0.25, 0.3) is 0 Å². The number of rotatable bonds is 14. The van der Waals surface area contributed by atoms with Gasteiger partial charge in [-0.1, -0.05) is 13.8 Å². The monoisotopic (exact) mass is 436 g/mol. The number of hydrogen-bond acceptors (Lipinski definition) is 7. The largest absolute Gasteiger partial charge is 0.412 e. The first-order valence-corrected chi connectivity index (χ1v) is 9.71. The Balaban J connectivity index is -0.000000211. The molecule has 180 valence electrons. The third-order valence-corrected chi connectivity index (χ3v) is 4.09. The third-order valence-electron chi connectivity index (χ3n) is 4.09. The molecule has 0 aromatic rings. The van der Waals surface area contributed by atoms with Crippen molar-refractivity contribution in [3.63, 3.8) is 0 Å². The lowest BCUT2D eigenvalue weighted by atomic mass is 10.1. The van der Waals surface area contributed by atoms with Gasteiger partial charge in [-0.05, 0) is 39.8 Å². The highest BCUT2D eigenvalue weighted by molar-refractivity contribution is 5.84. The van der Waals surface area contributed by atoms with Crippen LogP contribution in [-0.4, -0.2) is 68.3 Å². The minimum absolute atomic E-state index is 0. The molecule has 2 atom stereocenters. The highest BCUT2D eigenvalue weighted by Crippen LogP contribution is 2.01. The standard InChI is InChI=1S/C9H20N4O.C9H19N3O2.H3N.H2O/c1-3-8(14)7(12-2)5-4-6-13-9(10)11;1-3-8(13)7(11-2)5-4-6-12-9(10)14;;/h7,12H,3-6H2,1-2H3,(H4,10,11,13);7,11H,3-6H2,1-2H3,(H3,10,12,14);1H3;1H2/t2*7-;;/m00../s1. The van der Waals surface area contributed by atoms with Gasteiger partial charge in [0.15, 0.2) is 5.96 Å². The van der Waals surface area contributed by atoms with Crippen molar-refractivity contribution in [2.75, 3.05) is 27.2 Å². The van der Waals surface area contributed by atoms with Crippen molar-refractivity contribution in [3.8, 4) is 0 Å². The van der Waals surface area contributed by atoms with E-state index in [2.05, 4.69) is 20.9 Å². The lowest BCUT2D eigenvalue weighted by molar-refractivity contribution is -0.121. The summed E-state index contributed by atoms with van der Waals surface area (Å²) in [6.45, 7) is 4.80. The molecule has 0 rings (SSSR count). The van der Waals surface area contributed by atoms with Gasteiger partial charge in [-0.15, -0.1) is 0 Å². The van der Waals surface area contributed by atoms with Gasteiger partial charge >= 0.3 is 6.03 Å². The molecule has 0 saturated heterocycles. The number of aliphatic imine (C=N–C) groups is 1. The Morgan fingerprint density at radius 1 is 0.867 bits per heavy atom. The second kappa shape index (κ2) is 23.0.